The van der Waals surface area contributed by atoms with Gasteiger partial charge >= 0.3 is 6.09 Å². The van der Waals surface area contributed by atoms with Gasteiger partial charge in [-0.2, -0.15) is 0 Å². The van der Waals surface area contributed by atoms with Crippen molar-refractivity contribution < 1.29 is 9.53 Å². The zero-order chi connectivity index (χ0) is 16.8. The first-order valence-corrected chi connectivity index (χ1v) is 8.03. The van der Waals surface area contributed by atoms with Gasteiger partial charge in [-0.05, 0) is 65.3 Å². The molecule has 1 aromatic rings. The molecule has 0 heterocycles. The van der Waals surface area contributed by atoms with Crippen molar-refractivity contribution in [2.45, 2.75) is 58.7 Å². The topological polar surface area (TPSA) is 50.4 Å². The number of carbonyl (C=O) groups excluding carboxylic acids is 1. The number of rotatable bonds is 6. The van der Waals surface area contributed by atoms with E-state index in [-0.39, 0.29) is 18.2 Å². The van der Waals surface area contributed by atoms with Gasteiger partial charge < -0.3 is 15.4 Å². The summed E-state index contributed by atoms with van der Waals surface area (Å²) in [6.45, 7) is 10.4. The second-order valence-corrected chi connectivity index (χ2v) is 7.00. The summed E-state index contributed by atoms with van der Waals surface area (Å²) in [5.41, 5.74) is 0.725. The lowest BCUT2D eigenvalue weighted by Crippen LogP contribution is -2.39. The number of benzene rings is 1. The summed E-state index contributed by atoms with van der Waals surface area (Å²) in [5, 5.41) is 7.02. The summed E-state index contributed by atoms with van der Waals surface area (Å²) < 4.78 is 5.23. The molecule has 1 aromatic carbocycles. The quantitative estimate of drug-likeness (QED) is 0.819. The van der Waals surface area contributed by atoms with Gasteiger partial charge in [0.1, 0.15) is 5.60 Å². The Balaban J connectivity index is 2.28. The van der Waals surface area contributed by atoms with Crippen molar-refractivity contribution in [2.24, 2.45) is 0 Å². The monoisotopic (exact) mass is 326 g/mol. The Morgan fingerprint density at radius 3 is 2.36 bits per heavy atom. The van der Waals surface area contributed by atoms with Gasteiger partial charge in [0.05, 0.1) is 0 Å². The molecule has 22 heavy (non-hydrogen) atoms. The largest absolute Gasteiger partial charge is 0.444 e. The number of halogens is 1. The first-order chi connectivity index (χ1) is 10.2. The molecule has 2 atom stereocenters. The van der Waals surface area contributed by atoms with Gasteiger partial charge in [-0.15, -0.1) is 0 Å². The predicted molar refractivity (Wildman–Crippen MR) is 91.3 cm³/mol. The highest BCUT2D eigenvalue weighted by molar-refractivity contribution is 6.30. The minimum Gasteiger partial charge on any atom is -0.444 e. The Kier molecular flexibility index (Phi) is 7.17. The Bertz CT molecular complexity index is 469. The molecule has 2 unspecified atom stereocenters. The van der Waals surface area contributed by atoms with Crippen LogP contribution in [0.1, 0.15) is 52.6 Å². The van der Waals surface area contributed by atoms with Gasteiger partial charge in [-0.1, -0.05) is 23.7 Å². The first kappa shape index (κ1) is 18.8. The van der Waals surface area contributed by atoms with E-state index in [0.29, 0.717) is 0 Å². The van der Waals surface area contributed by atoms with Crippen LogP contribution in [-0.4, -0.2) is 24.3 Å². The number of alkyl carbamates (subject to hydrolysis) is 1. The molecule has 0 saturated heterocycles. The molecule has 1 rings (SSSR count). The van der Waals surface area contributed by atoms with E-state index in [2.05, 4.69) is 17.6 Å². The molecule has 0 radical (unpaired) electrons. The zero-order valence-electron chi connectivity index (χ0n) is 14.1. The lowest BCUT2D eigenvalue weighted by atomic mass is 10.1. The Morgan fingerprint density at radius 2 is 1.82 bits per heavy atom. The lowest BCUT2D eigenvalue weighted by Gasteiger charge is -2.22. The van der Waals surface area contributed by atoms with Crippen molar-refractivity contribution in [3.63, 3.8) is 0 Å². The van der Waals surface area contributed by atoms with E-state index in [0.717, 1.165) is 18.0 Å². The molecule has 124 valence electrons. The minimum atomic E-state index is -0.467. The van der Waals surface area contributed by atoms with Crippen molar-refractivity contribution in [2.75, 3.05) is 6.54 Å². The van der Waals surface area contributed by atoms with Crippen molar-refractivity contribution >= 4 is 17.7 Å². The second kappa shape index (κ2) is 8.39. The molecule has 0 aromatic heterocycles. The standard InChI is InChI=1S/C17H27ClN2O2/c1-12(20-16(21)22-17(3,4)5)10-11-19-13(2)14-6-8-15(18)9-7-14/h6-9,12-13,19H,10-11H2,1-5H3,(H,20,21). The third kappa shape index (κ3) is 7.66. The molecule has 1 amide bonds. The molecular weight excluding hydrogens is 300 g/mol. The second-order valence-electron chi connectivity index (χ2n) is 6.56. The molecule has 0 saturated carbocycles. The van der Waals surface area contributed by atoms with E-state index in [1.54, 1.807) is 0 Å². The van der Waals surface area contributed by atoms with Gasteiger partial charge in [-0.25, -0.2) is 4.79 Å². The average Bonchev–Trinajstić information content (AvgIpc) is 2.36. The van der Waals surface area contributed by atoms with Crippen LogP contribution in [0.25, 0.3) is 0 Å². The molecule has 0 bridgehead atoms. The number of hydrogen-bond donors (Lipinski definition) is 2. The fraction of sp³-hybridized carbons (Fsp3) is 0.588. The van der Waals surface area contributed by atoms with E-state index in [4.69, 9.17) is 16.3 Å². The SMILES string of the molecule is CC(CCNC(C)c1ccc(Cl)cc1)NC(=O)OC(C)(C)C. The maximum Gasteiger partial charge on any atom is 0.407 e. The van der Waals surface area contributed by atoms with Crippen LogP contribution in [0.2, 0.25) is 5.02 Å². The van der Waals surface area contributed by atoms with Gasteiger partial charge in [0, 0.05) is 17.1 Å². The molecule has 0 aliphatic carbocycles. The summed E-state index contributed by atoms with van der Waals surface area (Å²) >= 11 is 5.88. The first-order valence-electron chi connectivity index (χ1n) is 7.66. The van der Waals surface area contributed by atoms with Gasteiger partial charge in [0.25, 0.3) is 0 Å². The zero-order valence-corrected chi connectivity index (χ0v) is 14.8. The molecule has 0 spiro atoms. The van der Waals surface area contributed by atoms with Crippen molar-refractivity contribution in [3.05, 3.63) is 34.9 Å². The molecule has 2 N–H and O–H groups in total. The number of hydrogen-bond acceptors (Lipinski definition) is 3. The number of amides is 1. The third-order valence-corrected chi connectivity index (χ3v) is 3.41. The van der Waals surface area contributed by atoms with Crippen LogP contribution in [0.4, 0.5) is 4.79 Å². The Morgan fingerprint density at radius 1 is 1.23 bits per heavy atom. The van der Waals surface area contributed by atoms with Gasteiger partial charge in [0.2, 0.25) is 0 Å². The number of ether oxygens (including phenoxy) is 1. The van der Waals surface area contributed by atoms with Crippen molar-refractivity contribution in [1.29, 1.82) is 0 Å². The van der Waals surface area contributed by atoms with E-state index >= 15 is 0 Å². The summed E-state index contributed by atoms with van der Waals surface area (Å²) in [4.78, 5) is 11.7. The molecule has 0 aliphatic heterocycles. The van der Waals surface area contributed by atoms with Crippen LogP contribution in [0, 0.1) is 0 Å². The van der Waals surface area contributed by atoms with Crippen molar-refractivity contribution in [1.82, 2.24) is 10.6 Å². The Hall–Kier alpha value is -1.26. The van der Waals surface area contributed by atoms with Crippen LogP contribution in [0.3, 0.4) is 0 Å². The number of carbonyl (C=O) groups is 1. The van der Waals surface area contributed by atoms with E-state index in [9.17, 15) is 4.79 Å². The van der Waals surface area contributed by atoms with Crippen LogP contribution in [0.15, 0.2) is 24.3 Å². The van der Waals surface area contributed by atoms with Crippen LogP contribution < -0.4 is 10.6 Å². The number of nitrogens with one attached hydrogen (secondary N) is 2. The lowest BCUT2D eigenvalue weighted by molar-refractivity contribution is 0.0506. The minimum absolute atomic E-state index is 0.0553. The Labute approximate surface area is 138 Å². The van der Waals surface area contributed by atoms with Crippen LogP contribution >= 0.6 is 11.6 Å². The predicted octanol–water partition coefficient (Wildman–Crippen LogP) is 4.29. The fourth-order valence-corrected chi connectivity index (χ4v) is 2.09. The van der Waals surface area contributed by atoms with Gasteiger partial charge in [-0.3, -0.25) is 0 Å². The molecular formula is C17H27ClN2O2. The summed E-state index contributed by atoms with van der Waals surface area (Å²) in [7, 11) is 0. The summed E-state index contributed by atoms with van der Waals surface area (Å²) in [6.07, 6.45) is 0.461. The maximum absolute atomic E-state index is 11.7. The maximum atomic E-state index is 11.7. The van der Waals surface area contributed by atoms with E-state index in [1.807, 2.05) is 52.0 Å². The van der Waals surface area contributed by atoms with Crippen LogP contribution in [-0.2, 0) is 4.74 Å². The third-order valence-electron chi connectivity index (χ3n) is 3.16. The highest BCUT2D eigenvalue weighted by atomic mass is 35.5. The van der Waals surface area contributed by atoms with E-state index in [1.165, 1.54) is 5.56 Å². The van der Waals surface area contributed by atoms with Gasteiger partial charge in [0.15, 0.2) is 0 Å². The smallest absolute Gasteiger partial charge is 0.407 e. The summed E-state index contributed by atoms with van der Waals surface area (Å²) in [5.74, 6) is 0. The normalized spacial score (nSPS) is 14.3. The molecule has 5 heteroatoms. The molecule has 0 aliphatic rings. The average molecular weight is 327 g/mol. The van der Waals surface area contributed by atoms with Crippen LogP contribution in [0.5, 0.6) is 0 Å². The highest BCUT2D eigenvalue weighted by Gasteiger charge is 2.17. The van der Waals surface area contributed by atoms with E-state index < -0.39 is 5.60 Å². The fourth-order valence-electron chi connectivity index (χ4n) is 1.97. The van der Waals surface area contributed by atoms with Crippen molar-refractivity contribution in [3.8, 4) is 0 Å². The highest BCUT2D eigenvalue weighted by Crippen LogP contribution is 2.16. The molecule has 4 nitrogen and oxygen atoms in total. The summed E-state index contributed by atoms with van der Waals surface area (Å²) in [6, 6.07) is 8.11. The molecule has 0 fully saturated rings.